The maximum Gasteiger partial charge on any atom is 0.0655 e. The van der Waals surface area contributed by atoms with Crippen molar-refractivity contribution in [2.45, 2.75) is 38.5 Å². The smallest absolute Gasteiger partial charge is 0.0655 e. The van der Waals surface area contributed by atoms with Crippen LogP contribution in [0.2, 0.25) is 0 Å². The SMILES string of the molecule is Cc1cc(C2CCC(C#N)CC2)ccn1. The third kappa shape index (κ3) is 2.36. The van der Waals surface area contributed by atoms with Crippen molar-refractivity contribution < 1.29 is 0 Å². The lowest BCUT2D eigenvalue weighted by molar-refractivity contribution is 0.382. The lowest BCUT2D eigenvalue weighted by atomic mass is 9.79. The summed E-state index contributed by atoms with van der Waals surface area (Å²) in [4.78, 5) is 4.21. The molecule has 0 atom stereocenters. The highest BCUT2D eigenvalue weighted by molar-refractivity contribution is 5.20. The third-order valence-electron chi connectivity index (χ3n) is 3.30. The Bertz CT molecular complexity index is 370. The maximum absolute atomic E-state index is 8.83. The van der Waals surface area contributed by atoms with Crippen LogP contribution in [0.1, 0.15) is 42.9 Å². The second-order valence-electron chi connectivity index (χ2n) is 4.41. The van der Waals surface area contributed by atoms with Crippen LogP contribution in [0, 0.1) is 24.2 Å². The first kappa shape index (κ1) is 10.2. The van der Waals surface area contributed by atoms with Crippen LogP contribution in [-0.2, 0) is 0 Å². The van der Waals surface area contributed by atoms with Crippen LogP contribution in [0.3, 0.4) is 0 Å². The summed E-state index contributed by atoms with van der Waals surface area (Å²) in [6.07, 6.45) is 6.31. The Morgan fingerprint density at radius 1 is 1.33 bits per heavy atom. The molecule has 78 valence electrons. The molecule has 2 rings (SSSR count). The largest absolute Gasteiger partial charge is 0.262 e. The minimum atomic E-state index is 0.296. The number of aryl methyl sites for hydroxylation is 1. The molecule has 0 N–H and O–H groups in total. The summed E-state index contributed by atoms with van der Waals surface area (Å²) < 4.78 is 0. The van der Waals surface area contributed by atoms with Gasteiger partial charge in [0, 0.05) is 17.8 Å². The monoisotopic (exact) mass is 200 g/mol. The topological polar surface area (TPSA) is 36.7 Å². The molecule has 1 aromatic heterocycles. The fraction of sp³-hybridized carbons (Fsp3) is 0.538. The van der Waals surface area contributed by atoms with Gasteiger partial charge in [0.15, 0.2) is 0 Å². The maximum atomic E-state index is 8.83. The number of nitriles is 1. The zero-order chi connectivity index (χ0) is 10.7. The molecule has 0 aliphatic heterocycles. The first-order chi connectivity index (χ1) is 7.29. The van der Waals surface area contributed by atoms with E-state index in [1.54, 1.807) is 0 Å². The van der Waals surface area contributed by atoms with E-state index in [2.05, 4.69) is 23.2 Å². The van der Waals surface area contributed by atoms with Crippen molar-refractivity contribution in [3.8, 4) is 6.07 Å². The van der Waals surface area contributed by atoms with E-state index in [1.807, 2.05) is 13.1 Å². The molecule has 1 saturated carbocycles. The zero-order valence-corrected chi connectivity index (χ0v) is 9.11. The Kier molecular flexibility index (Phi) is 3.01. The predicted octanol–water partition coefficient (Wildman–Crippen LogP) is 3.19. The highest BCUT2D eigenvalue weighted by Crippen LogP contribution is 2.35. The lowest BCUT2D eigenvalue weighted by Gasteiger charge is -2.25. The van der Waals surface area contributed by atoms with Gasteiger partial charge in [0.25, 0.3) is 0 Å². The molecule has 1 heterocycles. The molecule has 0 bridgehead atoms. The highest BCUT2D eigenvalue weighted by Gasteiger charge is 2.21. The minimum Gasteiger partial charge on any atom is -0.262 e. The van der Waals surface area contributed by atoms with E-state index in [4.69, 9.17) is 5.26 Å². The number of hydrogen-bond acceptors (Lipinski definition) is 2. The Morgan fingerprint density at radius 3 is 2.67 bits per heavy atom. The summed E-state index contributed by atoms with van der Waals surface area (Å²) in [6, 6.07) is 6.67. The molecule has 1 fully saturated rings. The average Bonchev–Trinajstić information content (AvgIpc) is 2.29. The molecule has 0 radical (unpaired) electrons. The molecule has 0 unspecified atom stereocenters. The Morgan fingerprint density at radius 2 is 2.07 bits per heavy atom. The van der Waals surface area contributed by atoms with Gasteiger partial charge < -0.3 is 0 Å². The lowest BCUT2D eigenvalue weighted by Crippen LogP contribution is -2.12. The first-order valence-electron chi connectivity index (χ1n) is 5.62. The number of pyridine rings is 1. The van der Waals surface area contributed by atoms with E-state index in [-0.39, 0.29) is 0 Å². The van der Waals surface area contributed by atoms with Crippen LogP contribution in [0.25, 0.3) is 0 Å². The van der Waals surface area contributed by atoms with Gasteiger partial charge in [-0.1, -0.05) is 0 Å². The van der Waals surface area contributed by atoms with Crippen LogP contribution >= 0.6 is 0 Å². The van der Waals surface area contributed by atoms with Gasteiger partial charge in [-0.05, 0) is 56.2 Å². The minimum absolute atomic E-state index is 0.296. The summed E-state index contributed by atoms with van der Waals surface area (Å²) in [7, 11) is 0. The molecule has 15 heavy (non-hydrogen) atoms. The van der Waals surface area contributed by atoms with E-state index in [0.717, 1.165) is 31.4 Å². The van der Waals surface area contributed by atoms with Gasteiger partial charge in [0.05, 0.1) is 6.07 Å². The Labute approximate surface area is 91.0 Å². The van der Waals surface area contributed by atoms with E-state index in [0.29, 0.717) is 11.8 Å². The van der Waals surface area contributed by atoms with E-state index in [1.165, 1.54) is 5.56 Å². The number of aromatic nitrogens is 1. The first-order valence-corrected chi connectivity index (χ1v) is 5.62. The van der Waals surface area contributed by atoms with E-state index >= 15 is 0 Å². The second kappa shape index (κ2) is 4.44. The molecule has 1 aromatic rings. The normalized spacial score (nSPS) is 25.9. The molecule has 2 heteroatoms. The summed E-state index contributed by atoms with van der Waals surface area (Å²) in [6.45, 7) is 2.03. The fourth-order valence-corrected chi connectivity index (χ4v) is 2.38. The molecular weight excluding hydrogens is 184 g/mol. The van der Waals surface area contributed by atoms with Crippen molar-refractivity contribution in [3.05, 3.63) is 29.6 Å². The molecule has 0 amide bonds. The van der Waals surface area contributed by atoms with Crippen LogP contribution < -0.4 is 0 Å². The summed E-state index contributed by atoms with van der Waals surface area (Å²) in [5, 5.41) is 8.83. The van der Waals surface area contributed by atoms with Crippen LogP contribution in [0.5, 0.6) is 0 Å². The Hall–Kier alpha value is -1.36. The van der Waals surface area contributed by atoms with Gasteiger partial charge in [-0.3, -0.25) is 4.98 Å². The van der Waals surface area contributed by atoms with Gasteiger partial charge in [0.1, 0.15) is 0 Å². The predicted molar refractivity (Wildman–Crippen MR) is 59.3 cm³/mol. The van der Waals surface area contributed by atoms with Crippen molar-refractivity contribution in [2.24, 2.45) is 5.92 Å². The quantitative estimate of drug-likeness (QED) is 0.698. The van der Waals surface area contributed by atoms with Crippen molar-refractivity contribution in [1.29, 1.82) is 5.26 Å². The van der Waals surface area contributed by atoms with Crippen molar-refractivity contribution in [3.63, 3.8) is 0 Å². The summed E-state index contributed by atoms with van der Waals surface area (Å²) in [5.74, 6) is 0.945. The number of nitrogens with zero attached hydrogens (tertiary/aromatic N) is 2. The highest BCUT2D eigenvalue weighted by atomic mass is 14.6. The van der Waals surface area contributed by atoms with E-state index < -0.39 is 0 Å². The second-order valence-corrected chi connectivity index (χ2v) is 4.41. The van der Waals surface area contributed by atoms with Crippen LogP contribution in [-0.4, -0.2) is 4.98 Å². The van der Waals surface area contributed by atoms with Crippen LogP contribution in [0.4, 0.5) is 0 Å². The standard InChI is InChI=1S/C13H16N2/c1-10-8-13(6-7-15-10)12-4-2-11(9-14)3-5-12/h6-8,11-12H,2-5H2,1H3. The Balaban J connectivity index is 2.05. The summed E-state index contributed by atoms with van der Waals surface area (Å²) >= 11 is 0. The molecule has 0 saturated heterocycles. The average molecular weight is 200 g/mol. The van der Waals surface area contributed by atoms with Gasteiger partial charge in [-0.15, -0.1) is 0 Å². The zero-order valence-electron chi connectivity index (χ0n) is 9.11. The number of rotatable bonds is 1. The molecule has 1 aliphatic rings. The summed E-state index contributed by atoms with van der Waals surface area (Å²) in [5.41, 5.74) is 2.49. The molecule has 1 aliphatic carbocycles. The van der Waals surface area contributed by atoms with Gasteiger partial charge in [-0.2, -0.15) is 5.26 Å². The van der Waals surface area contributed by atoms with Gasteiger partial charge in [0.2, 0.25) is 0 Å². The van der Waals surface area contributed by atoms with Crippen molar-refractivity contribution in [2.75, 3.05) is 0 Å². The third-order valence-corrected chi connectivity index (χ3v) is 3.30. The van der Waals surface area contributed by atoms with Crippen LogP contribution in [0.15, 0.2) is 18.3 Å². The molecule has 0 spiro atoms. The van der Waals surface area contributed by atoms with Gasteiger partial charge in [-0.25, -0.2) is 0 Å². The molecule has 0 aromatic carbocycles. The van der Waals surface area contributed by atoms with Crippen molar-refractivity contribution in [1.82, 2.24) is 4.98 Å². The van der Waals surface area contributed by atoms with Gasteiger partial charge >= 0.3 is 0 Å². The number of hydrogen-bond donors (Lipinski definition) is 0. The van der Waals surface area contributed by atoms with E-state index in [9.17, 15) is 0 Å². The molecular formula is C13H16N2. The van der Waals surface area contributed by atoms with Crippen molar-refractivity contribution >= 4 is 0 Å². The fourth-order valence-electron chi connectivity index (χ4n) is 2.38. The molecule has 2 nitrogen and oxygen atoms in total.